The first-order chi connectivity index (χ1) is 10.0. The highest BCUT2D eigenvalue weighted by Gasteiger charge is 2.14. The topological polar surface area (TPSA) is 42.0 Å². The van der Waals surface area contributed by atoms with Gasteiger partial charge in [-0.2, -0.15) is 0 Å². The van der Waals surface area contributed by atoms with Gasteiger partial charge in [-0.25, -0.2) is 0 Å². The third-order valence-electron chi connectivity index (χ3n) is 3.95. The van der Waals surface area contributed by atoms with Crippen molar-refractivity contribution in [3.8, 4) is 0 Å². The second-order valence-corrected chi connectivity index (χ2v) is 5.75. The molecule has 0 unspecified atom stereocenters. The monoisotopic (exact) mass is 284 g/mol. The fraction of sp³-hybridized carbons (Fsp3) is 0.444. The lowest BCUT2D eigenvalue weighted by molar-refractivity contribution is -0.121. The zero-order valence-electron chi connectivity index (χ0n) is 13.4. The minimum Gasteiger partial charge on any atom is -0.353 e. The van der Waals surface area contributed by atoms with Crippen LogP contribution < -0.4 is 5.32 Å². The second-order valence-electron chi connectivity index (χ2n) is 5.75. The van der Waals surface area contributed by atoms with Crippen molar-refractivity contribution in [1.29, 1.82) is 0 Å². The average Bonchev–Trinajstić information content (AvgIpc) is 2.43. The molecule has 3 heteroatoms. The normalized spacial score (nSPS) is 12.4. The molecule has 0 aliphatic heterocycles. The first-order valence-corrected chi connectivity index (χ1v) is 7.67. The van der Waals surface area contributed by atoms with E-state index in [-0.39, 0.29) is 11.9 Å². The Bertz CT molecular complexity index is 649. The van der Waals surface area contributed by atoms with Gasteiger partial charge in [0, 0.05) is 17.1 Å². The highest BCUT2D eigenvalue weighted by atomic mass is 16.1. The van der Waals surface area contributed by atoms with Gasteiger partial charge in [0.2, 0.25) is 5.91 Å². The Morgan fingerprint density at radius 2 is 2.00 bits per heavy atom. The van der Waals surface area contributed by atoms with E-state index in [1.54, 1.807) is 0 Å². The van der Waals surface area contributed by atoms with Gasteiger partial charge in [-0.3, -0.25) is 9.78 Å². The zero-order valence-corrected chi connectivity index (χ0v) is 13.4. The van der Waals surface area contributed by atoms with E-state index in [1.807, 2.05) is 25.1 Å². The van der Waals surface area contributed by atoms with Crippen LogP contribution in [-0.2, 0) is 11.2 Å². The van der Waals surface area contributed by atoms with Crippen molar-refractivity contribution >= 4 is 16.8 Å². The lowest BCUT2D eigenvalue weighted by Gasteiger charge is -2.15. The van der Waals surface area contributed by atoms with Crippen molar-refractivity contribution in [3.05, 3.63) is 41.1 Å². The van der Waals surface area contributed by atoms with Crippen molar-refractivity contribution in [1.82, 2.24) is 10.3 Å². The molecular weight excluding hydrogens is 260 g/mol. The highest BCUT2D eigenvalue weighted by Crippen LogP contribution is 2.22. The van der Waals surface area contributed by atoms with Gasteiger partial charge < -0.3 is 5.32 Å². The van der Waals surface area contributed by atoms with Gasteiger partial charge in [-0.15, -0.1) is 0 Å². The van der Waals surface area contributed by atoms with Gasteiger partial charge in [-0.05, 0) is 44.4 Å². The number of hydrogen-bond acceptors (Lipinski definition) is 2. The fourth-order valence-corrected chi connectivity index (χ4v) is 2.82. The molecule has 2 aromatic rings. The fourth-order valence-electron chi connectivity index (χ4n) is 2.82. The van der Waals surface area contributed by atoms with Crippen LogP contribution in [0.25, 0.3) is 10.9 Å². The molecule has 0 radical (unpaired) electrons. The summed E-state index contributed by atoms with van der Waals surface area (Å²) in [5.74, 6) is 0.0826. The second kappa shape index (κ2) is 6.70. The molecule has 0 saturated carbocycles. The first kappa shape index (κ1) is 15.5. The molecule has 112 valence electrons. The molecule has 0 saturated heterocycles. The summed E-state index contributed by atoms with van der Waals surface area (Å²) in [5, 5.41) is 4.20. The van der Waals surface area contributed by atoms with Crippen molar-refractivity contribution in [3.63, 3.8) is 0 Å². The summed E-state index contributed by atoms with van der Waals surface area (Å²) in [7, 11) is 0. The van der Waals surface area contributed by atoms with Gasteiger partial charge in [0.05, 0.1) is 11.9 Å². The maximum Gasteiger partial charge on any atom is 0.224 e. The van der Waals surface area contributed by atoms with Crippen LogP contribution in [-0.4, -0.2) is 16.9 Å². The number of hydrogen-bond donors (Lipinski definition) is 1. The summed E-state index contributed by atoms with van der Waals surface area (Å²) in [6.07, 6.45) is 2.50. The molecule has 3 nitrogen and oxygen atoms in total. The Balaban J connectivity index is 2.24. The van der Waals surface area contributed by atoms with E-state index < -0.39 is 0 Å². The largest absolute Gasteiger partial charge is 0.353 e. The van der Waals surface area contributed by atoms with E-state index in [0.717, 1.165) is 40.6 Å². The Kier molecular flexibility index (Phi) is 4.94. The molecule has 1 aromatic carbocycles. The Morgan fingerprint density at radius 3 is 2.71 bits per heavy atom. The number of nitrogens with zero attached hydrogens (tertiary/aromatic N) is 1. The van der Waals surface area contributed by atoms with Gasteiger partial charge in [0.15, 0.2) is 0 Å². The molecule has 1 amide bonds. The van der Waals surface area contributed by atoms with Crippen molar-refractivity contribution in [2.45, 2.75) is 53.0 Å². The van der Waals surface area contributed by atoms with Crippen LogP contribution in [0.3, 0.4) is 0 Å². The molecule has 0 fully saturated rings. The number of aryl methyl sites for hydroxylation is 2. The van der Waals surface area contributed by atoms with Crippen LogP contribution in [0.2, 0.25) is 0 Å². The van der Waals surface area contributed by atoms with Crippen LogP contribution in [0.1, 0.15) is 43.5 Å². The van der Waals surface area contributed by atoms with Crippen molar-refractivity contribution in [2.75, 3.05) is 0 Å². The third-order valence-corrected chi connectivity index (χ3v) is 3.95. The van der Waals surface area contributed by atoms with Gasteiger partial charge in [0.1, 0.15) is 0 Å². The quantitative estimate of drug-likeness (QED) is 0.909. The molecule has 1 heterocycles. The van der Waals surface area contributed by atoms with Gasteiger partial charge >= 0.3 is 0 Å². The molecule has 1 N–H and O–H groups in total. The Hall–Kier alpha value is -1.90. The SMILES string of the molecule is CCC[C@@H](C)NC(=O)Cc1c(C)nc2ccccc2c1C. The van der Waals surface area contributed by atoms with E-state index >= 15 is 0 Å². The number of carbonyl (C=O) groups excluding carboxylic acids is 1. The first-order valence-electron chi connectivity index (χ1n) is 7.67. The Labute approximate surface area is 126 Å². The highest BCUT2D eigenvalue weighted by molar-refractivity contribution is 5.86. The number of nitrogens with one attached hydrogen (secondary N) is 1. The maximum absolute atomic E-state index is 12.2. The van der Waals surface area contributed by atoms with Crippen molar-refractivity contribution in [2.24, 2.45) is 0 Å². The average molecular weight is 284 g/mol. The zero-order chi connectivity index (χ0) is 15.4. The number of para-hydroxylation sites is 1. The predicted molar refractivity (Wildman–Crippen MR) is 87.4 cm³/mol. The third kappa shape index (κ3) is 3.60. The lowest BCUT2D eigenvalue weighted by Crippen LogP contribution is -2.33. The summed E-state index contributed by atoms with van der Waals surface area (Å²) in [5.41, 5.74) is 4.16. The molecule has 1 atom stereocenters. The van der Waals surface area contributed by atoms with Crippen LogP contribution in [0.15, 0.2) is 24.3 Å². The maximum atomic E-state index is 12.2. The van der Waals surface area contributed by atoms with Crippen LogP contribution in [0, 0.1) is 13.8 Å². The summed E-state index contributed by atoms with van der Waals surface area (Å²) in [4.78, 5) is 16.8. The molecule has 0 aliphatic rings. The number of carbonyl (C=O) groups is 1. The molecule has 0 bridgehead atoms. The number of fused-ring (bicyclic) bond motifs is 1. The molecule has 0 aliphatic carbocycles. The minimum absolute atomic E-state index is 0.0826. The van der Waals surface area contributed by atoms with E-state index in [0.29, 0.717) is 6.42 Å². The smallest absolute Gasteiger partial charge is 0.224 e. The van der Waals surface area contributed by atoms with Crippen LogP contribution in [0.5, 0.6) is 0 Å². The number of amides is 1. The summed E-state index contributed by atoms with van der Waals surface area (Å²) < 4.78 is 0. The number of pyridine rings is 1. The minimum atomic E-state index is 0.0826. The molecular formula is C18H24N2O. The van der Waals surface area contributed by atoms with Crippen molar-refractivity contribution < 1.29 is 4.79 Å². The molecule has 1 aromatic heterocycles. The van der Waals surface area contributed by atoms with E-state index in [9.17, 15) is 4.79 Å². The summed E-state index contributed by atoms with van der Waals surface area (Å²) in [6.45, 7) is 8.25. The Morgan fingerprint density at radius 1 is 1.29 bits per heavy atom. The predicted octanol–water partition coefficient (Wildman–Crippen LogP) is 3.70. The summed E-state index contributed by atoms with van der Waals surface area (Å²) >= 11 is 0. The summed E-state index contributed by atoms with van der Waals surface area (Å²) in [6, 6.07) is 8.32. The molecule has 21 heavy (non-hydrogen) atoms. The van der Waals surface area contributed by atoms with Crippen LogP contribution >= 0.6 is 0 Å². The standard InChI is InChI=1S/C18H24N2O/c1-5-8-12(2)19-18(21)11-16-13(3)15-9-6-7-10-17(15)20-14(16)4/h6-7,9-10,12H,5,8,11H2,1-4H3,(H,19,21)/t12-/m1/s1. The lowest BCUT2D eigenvalue weighted by atomic mass is 9.99. The van der Waals surface area contributed by atoms with Crippen LogP contribution in [0.4, 0.5) is 0 Å². The van der Waals surface area contributed by atoms with E-state index in [1.165, 1.54) is 0 Å². The van der Waals surface area contributed by atoms with Gasteiger partial charge in [-0.1, -0.05) is 31.5 Å². The number of rotatable bonds is 5. The molecule has 2 rings (SSSR count). The number of aromatic nitrogens is 1. The number of benzene rings is 1. The van der Waals surface area contributed by atoms with E-state index in [2.05, 4.69) is 37.1 Å². The molecule has 0 spiro atoms. The van der Waals surface area contributed by atoms with Gasteiger partial charge in [0.25, 0.3) is 0 Å². The van der Waals surface area contributed by atoms with E-state index in [4.69, 9.17) is 0 Å².